The summed E-state index contributed by atoms with van der Waals surface area (Å²) in [4.78, 5) is 30.4. The van der Waals surface area contributed by atoms with Crippen LogP contribution >= 0.6 is 0 Å². The molecule has 33 heavy (non-hydrogen) atoms. The van der Waals surface area contributed by atoms with Crippen LogP contribution in [0.4, 0.5) is 9.18 Å². The summed E-state index contributed by atoms with van der Waals surface area (Å²) < 4.78 is 25.2. The number of carbonyl (C=O) groups is 2. The molecule has 2 amide bonds. The highest BCUT2D eigenvalue weighted by molar-refractivity contribution is 5.88. The lowest BCUT2D eigenvalue weighted by Gasteiger charge is -2.43. The summed E-state index contributed by atoms with van der Waals surface area (Å²) >= 11 is 0. The van der Waals surface area contributed by atoms with E-state index < -0.39 is 11.0 Å². The van der Waals surface area contributed by atoms with E-state index in [0.717, 1.165) is 18.4 Å². The second kappa shape index (κ2) is 10.4. The molecule has 0 spiro atoms. The van der Waals surface area contributed by atoms with Gasteiger partial charge < -0.3 is 19.3 Å². The first kappa shape index (κ1) is 25.5. The van der Waals surface area contributed by atoms with Crippen molar-refractivity contribution in [2.75, 3.05) is 32.8 Å². The molecule has 1 atom stereocenters. The van der Waals surface area contributed by atoms with Crippen LogP contribution in [0.15, 0.2) is 24.3 Å². The molecule has 1 unspecified atom stereocenters. The third-order valence-corrected chi connectivity index (χ3v) is 6.65. The molecule has 0 radical (unpaired) electrons. The fourth-order valence-corrected chi connectivity index (χ4v) is 4.93. The number of nitrogens with zero attached hydrogens (tertiary/aromatic N) is 2. The van der Waals surface area contributed by atoms with Gasteiger partial charge in [0.25, 0.3) is 0 Å². The summed E-state index contributed by atoms with van der Waals surface area (Å²) in [5.41, 5.74) is -0.583. The van der Waals surface area contributed by atoms with Gasteiger partial charge in [-0.1, -0.05) is 12.1 Å². The van der Waals surface area contributed by atoms with E-state index in [1.165, 1.54) is 12.1 Å². The number of amides is 2. The van der Waals surface area contributed by atoms with E-state index in [0.29, 0.717) is 45.7 Å². The highest BCUT2D eigenvalue weighted by atomic mass is 19.1. The molecule has 2 fully saturated rings. The van der Waals surface area contributed by atoms with Crippen molar-refractivity contribution in [3.8, 4) is 0 Å². The zero-order valence-electron chi connectivity index (χ0n) is 20.7. The highest BCUT2D eigenvalue weighted by Gasteiger charge is 2.45. The van der Waals surface area contributed by atoms with Crippen LogP contribution in [0.1, 0.15) is 65.9 Å². The van der Waals surface area contributed by atoms with Crippen molar-refractivity contribution in [3.63, 3.8) is 0 Å². The molecule has 7 heteroatoms. The molecule has 2 saturated heterocycles. The molecule has 1 aromatic carbocycles. The molecule has 3 rings (SSSR count). The van der Waals surface area contributed by atoms with E-state index in [4.69, 9.17) is 9.47 Å². The van der Waals surface area contributed by atoms with Crippen LogP contribution in [-0.2, 0) is 19.7 Å². The van der Waals surface area contributed by atoms with Crippen LogP contribution in [-0.4, -0.2) is 66.3 Å². The Balaban J connectivity index is 1.76. The minimum atomic E-state index is -0.759. The Morgan fingerprint density at radius 1 is 1.27 bits per heavy atom. The quantitative estimate of drug-likeness (QED) is 0.633. The van der Waals surface area contributed by atoms with E-state index >= 15 is 0 Å². The van der Waals surface area contributed by atoms with E-state index in [1.54, 1.807) is 11.0 Å². The first-order valence-electron chi connectivity index (χ1n) is 12.1. The summed E-state index contributed by atoms with van der Waals surface area (Å²) in [6, 6.07) is 6.44. The van der Waals surface area contributed by atoms with Gasteiger partial charge in [-0.2, -0.15) is 0 Å². The number of piperidine rings is 1. The molecule has 0 aliphatic carbocycles. The number of rotatable bonds is 5. The predicted octanol–water partition coefficient (Wildman–Crippen LogP) is 4.76. The Morgan fingerprint density at radius 2 is 1.97 bits per heavy atom. The van der Waals surface area contributed by atoms with E-state index in [9.17, 15) is 14.0 Å². The first-order valence-corrected chi connectivity index (χ1v) is 12.1. The molecule has 6 nitrogen and oxygen atoms in total. The number of hydrogen-bond acceptors (Lipinski definition) is 4. The standard InChI is InChI=1S/C26H39FN2O4/c1-19(2)29(24(31)33-25(3,4)5)18-20-8-7-13-28(17-20)23(30)26(11-14-32-15-12-26)21-9-6-10-22(27)16-21/h6,9-10,16,19-20H,7-8,11-15,17-18H2,1-5H3. The van der Waals surface area contributed by atoms with Crippen molar-refractivity contribution in [1.29, 1.82) is 0 Å². The van der Waals surface area contributed by atoms with Gasteiger partial charge in [-0.15, -0.1) is 0 Å². The zero-order chi connectivity index (χ0) is 24.2. The molecule has 0 aromatic heterocycles. The summed E-state index contributed by atoms with van der Waals surface area (Å²) in [6.07, 6.45) is 2.61. The first-order chi connectivity index (χ1) is 15.5. The SMILES string of the molecule is CC(C)N(CC1CCCN(C(=O)C2(c3cccc(F)c3)CCOCC2)C1)C(=O)OC(C)(C)C. The monoisotopic (exact) mass is 462 g/mol. The number of ether oxygens (including phenoxy) is 2. The second-order valence-corrected chi connectivity index (χ2v) is 10.7. The lowest BCUT2D eigenvalue weighted by molar-refractivity contribution is -0.143. The van der Waals surface area contributed by atoms with Crippen molar-refractivity contribution in [3.05, 3.63) is 35.6 Å². The zero-order valence-corrected chi connectivity index (χ0v) is 20.7. The van der Waals surface area contributed by atoms with E-state index in [1.807, 2.05) is 45.6 Å². The van der Waals surface area contributed by atoms with Gasteiger partial charge in [0.05, 0.1) is 5.41 Å². The second-order valence-electron chi connectivity index (χ2n) is 10.7. The van der Waals surface area contributed by atoms with Crippen molar-refractivity contribution in [1.82, 2.24) is 9.80 Å². The average molecular weight is 463 g/mol. The van der Waals surface area contributed by atoms with Crippen molar-refractivity contribution >= 4 is 12.0 Å². The normalized spacial score (nSPS) is 21.1. The number of benzene rings is 1. The van der Waals surface area contributed by atoms with Crippen molar-refractivity contribution < 1.29 is 23.5 Å². The minimum absolute atomic E-state index is 0.0000532. The van der Waals surface area contributed by atoms with Crippen LogP contribution in [0, 0.1) is 11.7 Å². The number of halogens is 1. The molecule has 0 bridgehead atoms. The molecule has 1 aromatic rings. The van der Waals surface area contributed by atoms with Crippen LogP contribution < -0.4 is 0 Å². The summed E-state index contributed by atoms with van der Waals surface area (Å²) in [7, 11) is 0. The maximum absolute atomic E-state index is 14.1. The molecular weight excluding hydrogens is 423 g/mol. The Morgan fingerprint density at radius 3 is 2.58 bits per heavy atom. The summed E-state index contributed by atoms with van der Waals surface area (Å²) in [6.45, 7) is 12.3. The maximum atomic E-state index is 14.1. The largest absolute Gasteiger partial charge is 0.444 e. The lowest BCUT2D eigenvalue weighted by Crippen LogP contribution is -2.54. The molecule has 2 heterocycles. The predicted molar refractivity (Wildman–Crippen MR) is 126 cm³/mol. The van der Waals surface area contributed by atoms with Crippen LogP contribution in [0.2, 0.25) is 0 Å². The van der Waals surface area contributed by atoms with Gasteiger partial charge >= 0.3 is 6.09 Å². The minimum Gasteiger partial charge on any atom is -0.444 e. The van der Waals surface area contributed by atoms with E-state index in [-0.39, 0.29) is 29.8 Å². The summed E-state index contributed by atoms with van der Waals surface area (Å²) in [5, 5.41) is 0. The van der Waals surface area contributed by atoms with Gasteiger partial charge in [0.1, 0.15) is 11.4 Å². The Hall–Kier alpha value is -2.15. The topological polar surface area (TPSA) is 59.1 Å². The molecule has 184 valence electrons. The lowest BCUT2D eigenvalue weighted by atomic mass is 9.72. The van der Waals surface area contributed by atoms with Crippen molar-refractivity contribution in [2.24, 2.45) is 5.92 Å². The maximum Gasteiger partial charge on any atom is 0.410 e. The molecule has 0 N–H and O–H groups in total. The van der Waals surface area contributed by atoms with Crippen LogP contribution in [0.25, 0.3) is 0 Å². The van der Waals surface area contributed by atoms with Crippen LogP contribution in [0.5, 0.6) is 0 Å². The third-order valence-electron chi connectivity index (χ3n) is 6.65. The van der Waals surface area contributed by atoms with Gasteiger partial charge in [0.15, 0.2) is 0 Å². The van der Waals surface area contributed by atoms with Gasteiger partial charge in [0.2, 0.25) is 5.91 Å². The molecule has 0 saturated carbocycles. The fraction of sp³-hybridized carbons (Fsp3) is 0.692. The number of carbonyl (C=O) groups excluding carboxylic acids is 2. The van der Waals surface area contributed by atoms with Crippen molar-refractivity contribution in [2.45, 2.75) is 77.4 Å². The molecule has 2 aliphatic heterocycles. The third kappa shape index (κ3) is 6.25. The van der Waals surface area contributed by atoms with Gasteiger partial charge in [0, 0.05) is 38.9 Å². The van der Waals surface area contributed by atoms with Crippen LogP contribution in [0.3, 0.4) is 0 Å². The molecular formula is C26H39FN2O4. The smallest absolute Gasteiger partial charge is 0.410 e. The Kier molecular flexibility index (Phi) is 8.04. The van der Waals surface area contributed by atoms with Gasteiger partial charge in [-0.05, 0) is 83.9 Å². The van der Waals surface area contributed by atoms with Gasteiger partial charge in [-0.3, -0.25) is 4.79 Å². The number of hydrogen-bond donors (Lipinski definition) is 0. The Labute approximate surface area is 197 Å². The fourth-order valence-electron chi connectivity index (χ4n) is 4.93. The summed E-state index contributed by atoms with van der Waals surface area (Å²) in [5.74, 6) is -0.107. The average Bonchev–Trinajstić information content (AvgIpc) is 2.76. The molecule has 2 aliphatic rings. The Bertz CT molecular complexity index is 830. The van der Waals surface area contributed by atoms with Gasteiger partial charge in [-0.25, -0.2) is 9.18 Å². The number of likely N-dealkylation sites (tertiary alicyclic amines) is 1. The van der Waals surface area contributed by atoms with E-state index in [2.05, 4.69) is 0 Å². The highest BCUT2D eigenvalue weighted by Crippen LogP contribution is 2.38.